The van der Waals surface area contributed by atoms with Gasteiger partial charge in [0.1, 0.15) is 30.0 Å². The zero-order valence-corrected chi connectivity index (χ0v) is 19.0. The molecule has 2 heterocycles. The minimum atomic E-state index is -0.406. The third-order valence-electron chi connectivity index (χ3n) is 6.15. The van der Waals surface area contributed by atoms with Gasteiger partial charge in [0, 0.05) is 61.7 Å². The van der Waals surface area contributed by atoms with Gasteiger partial charge in [0.25, 0.3) is 0 Å². The summed E-state index contributed by atoms with van der Waals surface area (Å²) in [7, 11) is 1.79. The van der Waals surface area contributed by atoms with Gasteiger partial charge in [0.15, 0.2) is 0 Å². The first-order valence-corrected chi connectivity index (χ1v) is 11.1. The molecule has 1 unspecified atom stereocenters. The standard InChI is InChI=1S/C26H30FN3O3/c1-17-23-11-21(31)5-8-24(23)33-26(25(17)20(13-28)14-29-2)19-3-6-22(7-4-19)32-10-9-30-15-18(12-27)16-30/h3-8,11,13-14,18,26,28-29,31H,9-10,12,15-16H2,1-2H3/b20-14+,28-13?. The predicted octanol–water partition coefficient (Wildman–Crippen LogP) is 4.33. The van der Waals surface area contributed by atoms with Crippen molar-refractivity contribution in [2.24, 2.45) is 5.92 Å². The molecule has 0 spiro atoms. The molecule has 0 amide bonds. The summed E-state index contributed by atoms with van der Waals surface area (Å²) in [5.74, 6) is 1.81. The van der Waals surface area contributed by atoms with Crippen LogP contribution in [0.25, 0.3) is 5.57 Å². The first-order chi connectivity index (χ1) is 16.0. The van der Waals surface area contributed by atoms with E-state index in [1.165, 1.54) is 6.21 Å². The summed E-state index contributed by atoms with van der Waals surface area (Å²) in [4.78, 5) is 2.19. The van der Waals surface area contributed by atoms with Gasteiger partial charge in [0.2, 0.25) is 0 Å². The van der Waals surface area contributed by atoms with Gasteiger partial charge in [-0.15, -0.1) is 0 Å². The predicted molar refractivity (Wildman–Crippen MR) is 128 cm³/mol. The van der Waals surface area contributed by atoms with Crippen LogP contribution < -0.4 is 14.8 Å². The van der Waals surface area contributed by atoms with E-state index >= 15 is 0 Å². The van der Waals surface area contributed by atoms with Gasteiger partial charge in [-0.1, -0.05) is 12.1 Å². The minimum Gasteiger partial charge on any atom is -0.508 e. The van der Waals surface area contributed by atoms with E-state index in [4.69, 9.17) is 14.9 Å². The molecule has 1 saturated heterocycles. The van der Waals surface area contributed by atoms with Crippen molar-refractivity contribution in [3.05, 3.63) is 70.9 Å². The molecule has 0 radical (unpaired) electrons. The van der Waals surface area contributed by atoms with Crippen LogP contribution in [0, 0.1) is 11.3 Å². The average Bonchev–Trinajstić information content (AvgIpc) is 2.80. The van der Waals surface area contributed by atoms with E-state index in [0.29, 0.717) is 17.9 Å². The third kappa shape index (κ3) is 4.88. The van der Waals surface area contributed by atoms with Crippen molar-refractivity contribution in [1.29, 1.82) is 5.41 Å². The molecule has 0 aromatic heterocycles. The number of nitrogens with one attached hydrogen (secondary N) is 2. The van der Waals surface area contributed by atoms with Crippen molar-refractivity contribution in [1.82, 2.24) is 10.2 Å². The Morgan fingerprint density at radius 1 is 1.27 bits per heavy atom. The molecule has 1 fully saturated rings. The maximum absolute atomic E-state index is 12.6. The fourth-order valence-electron chi connectivity index (χ4n) is 4.39. The van der Waals surface area contributed by atoms with Gasteiger partial charge in [-0.2, -0.15) is 0 Å². The third-order valence-corrected chi connectivity index (χ3v) is 6.15. The molecule has 0 saturated carbocycles. The second-order valence-corrected chi connectivity index (χ2v) is 8.45. The number of ether oxygens (including phenoxy) is 2. The number of phenols is 1. The number of halogens is 1. The number of benzene rings is 2. The Balaban J connectivity index is 1.54. The van der Waals surface area contributed by atoms with Crippen LogP contribution in [0.4, 0.5) is 4.39 Å². The van der Waals surface area contributed by atoms with Crippen LogP contribution in [0.5, 0.6) is 17.2 Å². The van der Waals surface area contributed by atoms with Crippen molar-refractivity contribution < 1.29 is 19.0 Å². The van der Waals surface area contributed by atoms with Crippen LogP contribution in [-0.4, -0.2) is 56.2 Å². The highest BCUT2D eigenvalue weighted by molar-refractivity contribution is 5.90. The Morgan fingerprint density at radius 2 is 2.03 bits per heavy atom. The Hall–Kier alpha value is -3.32. The molecule has 33 heavy (non-hydrogen) atoms. The highest BCUT2D eigenvalue weighted by Gasteiger charge is 2.30. The van der Waals surface area contributed by atoms with Crippen LogP contribution in [0.3, 0.4) is 0 Å². The lowest BCUT2D eigenvalue weighted by molar-refractivity contribution is 0.0668. The van der Waals surface area contributed by atoms with Crippen molar-refractivity contribution in [2.45, 2.75) is 13.0 Å². The Morgan fingerprint density at radius 3 is 2.70 bits per heavy atom. The summed E-state index contributed by atoms with van der Waals surface area (Å²) in [6, 6.07) is 12.9. The Labute approximate surface area is 193 Å². The van der Waals surface area contributed by atoms with Gasteiger partial charge in [-0.25, -0.2) is 0 Å². The van der Waals surface area contributed by atoms with Gasteiger partial charge in [-0.05, 0) is 48.4 Å². The van der Waals surface area contributed by atoms with Gasteiger partial charge >= 0.3 is 0 Å². The molecule has 7 heteroatoms. The second kappa shape index (κ2) is 10.1. The average molecular weight is 452 g/mol. The van der Waals surface area contributed by atoms with Crippen molar-refractivity contribution in [3.8, 4) is 17.2 Å². The lowest BCUT2D eigenvalue weighted by atomic mass is 9.86. The smallest absolute Gasteiger partial charge is 0.150 e. The SMILES string of the molecule is CN/C=C(\C=N)C1=C(C)c2cc(O)ccc2OC1c1ccc(OCCN2CC(CF)C2)cc1. The quantitative estimate of drug-likeness (QED) is 0.495. The van der Waals surface area contributed by atoms with E-state index in [9.17, 15) is 9.50 Å². The molecule has 0 bridgehead atoms. The number of hydrogen-bond acceptors (Lipinski definition) is 6. The summed E-state index contributed by atoms with van der Waals surface area (Å²) in [5.41, 5.74) is 4.27. The van der Waals surface area contributed by atoms with Gasteiger partial charge < -0.3 is 25.3 Å². The number of fused-ring (bicyclic) bond motifs is 1. The van der Waals surface area contributed by atoms with Crippen molar-refractivity contribution in [2.75, 3.05) is 40.0 Å². The fourth-order valence-corrected chi connectivity index (χ4v) is 4.39. The Bertz CT molecular complexity index is 1060. The molecule has 3 N–H and O–H groups in total. The molecule has 2 aliphatic heterocycles. The molecule has 6 nitrogen and oxygen atoms in total. The first-order valence-electron chi connectivity index (χ1n) is 11.1. The summed E-state index contributed by atoms with van der Waals surface area (Å²) in [6.07, 6.45) is 2.67. The van der Waals surface area contributed by atoms with E-state index in [-0.39, 0.29) is 18.3 Å². The topological polar surface area (TPSA) is 77.8 Å². The minimum absolute atomic E-state index is 0.170. The number of likely N-dealkylation sites (tertiary alicyclic amines) is 1. The fraction of sp³-hybridized carbons (Fsp3) is 0.346. The van der Waals surface area contributed by atoms with E-state index in [1.807, 2.05) is 31.2 Å². The summed E-state index contributed by atoms with van der Waals surface area (Å²) in [5, 5.41) is 20.9. The number of allylic oxidation sites excluding steroid dienone is 1. The van der Waals surface area contributed by atoms with Gasteiger partial charge in [0.05, 0.1) is 6.67 Å². The summed E-state index contributed by atoms with van der Waals surface area (Å²) >= 11 is 0. The molecule has 4 rings (SSSR count). The lowest BCUT2D eigenvalue weighted by Gasteiger charge is -2.37. The normalized spacial score (nSPS) is 18.9. The molecule has 1 atom stereocenters. The number of aromatic hydroxyl groups is 1. The number of alkyl halides is 1. The maximum atomic E-state index is 12.6. The van der Waals surface area contributed by atoms with Gasteiger partial charge in [-0.3, -0.25) is 9.29 Å². The highest BCUT2D eigenvalue weighted by atomic mass is 19.1. The number of rotatable bonds is 9. The number of nitrogens with zero attached hydrogens (tertiary/aromatic N) is 1. The highest BCUT2D eigenvalue weighted by Crippen LogP contribution is 2.45. The van der Waals surface area contributed by atoms with E-state index < -0.39 is 6.10 Å². The van der Waals surface area contributed by atoms with E-state index in [0.717, 1.165) is 47.7 Å². The molecular weight excluding hydrogens is 421 g/mol. The van der Waals surface area contributed by atoms with Crippen molar-refractivity contribution >= 4 is 11.8 Å². The van der Waals surface area contributed by atoms with E-state index in [1.54, 1.807) is 31.4 Å². The number of phenolic OH excluding ortho intramolecular Hbond substituents is 1. The molecule has 0 aliphatic carbocycles. The molecule has 2 aromatic carbocycles. The van der Waals surface area contributed by atoms with Crippen LogP contribution in [0.2, 0.25) is 0 Å². The van der Waals surface area contributed by atoms with Crippen LogP contribution in [0.1, 0.15) is 24.2 Å². The van der Waals surface area contributed by atoms with Crippen LogP contribution >= 0.6 is 0 Å². The summed E-state index contributed by atoms with van der Waals surface area (Å²) in [6.45, 7) is 4.70. The summed E-state index contributed by atoms with van der Waals surface area (Å²) < 4.78 is 24.8. The monoisotopic (exact) mass is 451 g/mol. The zero-order chi connectivity index (χ0) is 23.4. The zero-order valence-electron chi connectivity index (χ0n) is 19.0. The van der Waals surface area contributed by atoms with Crippen LogP contribution in [0.15, 0.2) is 59.8 Å². The molecule has 2 aliphatic rings. The second-order valence-electron chi connectivity index (χ2n) is 8.45. The molecule has 174 valence electrons. The Kier molecular flexibility index (Phi) is 6.99. The lowest BCUT2D eigenvalue weighted by Crippen LogP contribution is -2.49. The van der Waals surface area contributed by atoms with Crippen molar-refractivity contribution in [3.63, 3.8) is 0 Å². The van der Waals surface area contributed by atoms with Crippen LogP contribution in [-0.2, 0) is 0 Å². The largest absolute Gasteiger partial charge is 0.508 e. The van der Waals surface area contributed by atoms with E-state index in [2.05, 4.69) is 10.2 Å². The maximum Gasteiger partial charge on any atom is 0.150 e. The first kappa shape index (κ1) is 22.9. The number of hydrogen-bond donors (Lipinski definition) is 3. The molecule has 2 aromatic rings. The molecular formula is C26H30FN3O3.